The van der Waals surface area contributed by atoms with Gasteiger partial charge >= 0.3 is 5.69 Å². The van der Waals surface area contributed by atoms with E-state index in [9.17, 15) is 9.18 Å². The predicted molar refractivity (Wildman–Crippen MR) is 78.9 cm³/mol. The van der Waals surface area contributed by atoms with Gasteiger partial charge in [0.05, 0.1) is 0 Å². The van der Waals surface area contributed by atoms with E-state index in [0.29, 0.717) is 24.3 Å². The molecule has 0 atom stereocenters. The van der Waals surface area contributed by atoms with Gasteiger partial charge in [0.1, 0.15) is 5.82 Å². The number of benzene rings is 1. The molecule has 1 saturated carbocycles. The molecule has 5 nitrogen and oxygen atoms in total. The first-order valence-corrected chi connectivity index (χ1v) is 7.84. The van der Waals surface area contributed by atoms with E-state index in [4.69, 9.17) is 0 Å². The zero-order chi connectivity index (χ0) is 14.8. The van der Waals surface area contributed by atoms with Gasteiger partial charge in [-0.05, 0) is 55.3 Å². The monoisotopic (exact) mass is 308 g/mol. The molecule has 3 rings (SSSR count). The minimum Gasteiger partial charge on any atom is -0.310 e. The maximum absolute atomic E-state index is 13.5. The van der Waals surface area contributed by atoms with Crippen LogP contribution in [0.25, 0.3) is 0 Å². The van der Waals surface area contributed by atoms with Gasteiger partial charge in [-0.25, -0.2) is 14.3 Å². The highest BCUT2D eigenvalue weighted by molar-refractivity contribution is 7.99. The van der Waals surface area contributed by atoms with E-state index in [0.717, 1.165) is 10.5 Å². The Bertz CT molecular complexity index is 693. The molecule has 0 radical (unpaired) electrons. The van der Waals surface area contributed by atoms with Gasteiger partial charge in [-0.2, -0.15) is 0 Å². The molecule has 0 unspecified atom stereocenters. The van der Waals surface area contributed by atoms with Crippen LogP contribution in [0.3, 0.4) is 0 Å². The molecule has 1 aromatic carbocycles. The number of hydrogen-bond donors (Lipinski definition) is 2. The average molecular weight is 308 g/mol. The highest BCUT2D eigenvalue weighted by Crippen LogP contribution is 2.30. The summed E-state index contributed by atoms with van der Waals surface area (Å²) in [5.41, 5.74) is 0.671. The minimum absolute atomic E-state index is 0.222. The van der Waals surface area contributed by atoms with Crippen LogP contribution in [-0.2, 0) is 13.1 Å². The zero-order valence-electron chi connectivity index (χ0n) is 11.7. The molecule has 0 amide bonds. The van der Waals surface area contributed by atoms with Gasteiger partial charge in [-0.3, -0.25) is 4.57 Å². The van der Waals surface area contributed by atoms with Crippen LogP contribution in [0.5, 0.6) is 0 Å². The van der Waals surface area contributed by atoms with Crippen LogP contribution < -0.4 is 11.0 Å². The lowest BCUT2D eigenvalue weighted by atomic mass is 10.2. The van der Waals surface area contributed by atoms with Crippen molar-refractivity contribution < 1.29 is 4.39 Å². The molecule has 2 aromatic rings. The lowest BCUT2D eigenvalue weighted by Crippen LogP contribution is -2.17. The van der Waals surface area contributed by atoms with Crippen molar-refractivity contribution in [2.24, 2.45) is 0 Å². The summed E-state index contributed by atoms with van der Waals surface area (Å²) in [6.45, 7) is 3.07. The number of H-pyrrole nitrogens is 1. The minimum atomic E-state index is -0.248. The second-order valence-corrected chi connectivity index (χ2v) is 6.07. The number of aromatic amines is 1. The molecule has 0 bridgehead atoms. The number of hydrogen-bond acceptors (Lipinski definition) is 4. The molecule has 1 aliphatic carbocycles. The Morgan fingerprint density at radius 3 is 3.05 bits per heavy atom. The SMILES string of the molecule is CCn1c(Sc2ccc(F)cc2CNC2CC2)n[nH]c1=O. The normalized spacial score (nSPS) is 14.6. The fourth-order valence-corrected chi connectivity index (χ4v) is 3.09. The van der Waals surface area contributed by atoms with Gasteiger partial charge in [0.2, 0.25) is 0 Å². The molecule has 0 spiro atoms. The van der Waals surface area contributed by atoms with E-state index in [1.54, 1.807) is 16.7 Å². The Balaban J connectivity index is 1.84. The Labute approximate surface area is 125 Å². The van der Waals surface area contributed by atoms with Crippen molar-refractivity contribution in [1.82, 2.24) is 20.1 Å². The van der Waals surface area contributed by atoms with E-state index in [2.05, 4.69) is 15.5 Å². The van der Waals surface area contributed by atoms with Crippen molar-refractivity contribution in [3.8, 4) is 0 Å². The average Bonchev–Trinajstić information content (AvgIpc) is 3.23. The quantitative estimate of drug-likeness (QED) is 0.858. The molecule has 0 saturated heterocycles. The van der Waals surface area contributed by atoms with Crippen molar-refractivity contribution in [1.29, 1.82) is 0 Å². The summed E-state index contributed by atoms with van der Waals surface area (Å²) in [7, 11) is 0. The Morgan fingerprint density at radius 1 is 1.52 bits per heavy atom. The summed E-state index contributed by atoms with van der Waals surface area (Å²) < 4.78 is 15.0. The first-order chi connectivity index (χ1) is 10.2. The molecule has 7 heteroatoms. The molecule has 112 valence electrons. The lowest BCUT2D eigenvalue weighted by Gasteiger charge is -2.10. The van der Waals surface area contributed by atoms with Crippen molar-refractivity contribution >= 4 is 11.8 Å². The Kier molecular flexibility index (Phi) is 4.12. The summed E-state index contributed by atoms with van der Waals surface area (Å²) in [6.07, 6.45) is 2.37. The van der Waals surface area contributed by atoms with Crippen molar-refractivity contribution in [3.05, 3.63) is 40.1 Å². The van der Waals surface area contributed by atoms with E-state index in [1.165, 1.54) is 30.7 Å². The van der Waals surface area contributed by atoms with E-state index in [1.807, 2.05) is 6.92 Å². The zero-order valence-corrected chi connectivity index (χ0v) is 12.5. The summed E-state index contributed by atoms with van der Waals surface area (Å²) in [5, 5.41) is 10.5. The first kappa shape index (κ1) is 14.3. The van der Waals surface area contributed by atoms with Gasteiger partial charge in [-0.1, -0.05) is 0 Å². The maximum atomic E-state index is 13.5. The number of rotatable bonds is 6. The molecular weight excluding hydrogens is 291 g/mol. The van der Waals surface area contributed by atoms with Crippen LogP contribution in [0.1, 0.15) is 25.3 Å². The number of halogens is 1. The summed E-state index contributed by atoms with van der Waals surface area (Å²) >= 11 is 1.38. The van der Waals surface area contributed by atoms with Gasteiger partial charge in [-0.15, -0.1) is 5.10 Å². The third-order valence-corrected chi connectivity index (χ3v) is 4.53. The van der Waals surface area contributed by atoms with Crippen LogP contribution in [0.4, 0.5) is 4.39 Å². The number of aromatic nitrogens is 3. The molecule has 1 aliphatic rings. The van der Waals surface area contributed by atoms with Gasteiger partial charge in [0.25, 0.3) is 0 Å². The number of nitrogens with zero attached hydrogens (tertiary/aromatic N) is 2. The van der Waals surface area contributed by atoms with Crippen LogP contribution in [0, 0.1) is 5.82 Å². The Morgan fingerprint density at radius 2 is 2.33 bits per heavy atom. The van der Waals surface area contributed by atoms with Crippen LogP contribution in [0.15, 0.2) is 33.0 Å². The second kappa shape index (κ2) is 6.03. The molecule has 1 aromatic heterocycles. The first-order valence-electron chi connectivity index (χ1n) is 7.02. The fourth-order valence-electron chi connectivity index (χ4n) is 2.09. The molecule has 1 heterocycles. The van der Waals surface area contributed by atoms with Crippen LogP contribution in [-0.4, -0.2) is 20.8 Å². The predicted octanol–water partition coefficient (Wildman–Crippen LogP) is 2.13. The standard InChI is InChI=1S/C14H17FN4OS/c1-2-19-13(20)17-18-14(19)21-12-6-3-10(15)7-9(12)8-16-11-4-5-11/h3,6-7,11,16H,2,4-5,8H2,1H3,(H,17,20). The summed E-state index contributed by atoms with van der Waals surface area (Å²) in [5.74, 6) is -0.248. The molecule has 2 N–H and O–H groups in total. The van der Waals surface area contributed by atoms with Crippen molar-refractivity contribution in [2.45, 2.75) is 48.9 Å². The van der Waals surface area contributed by atoms with Gasteiger partial charge in [0, 0.05) is 24.0 Å². The topological polar surface area (TPSA) is 62.7 Å². The van der Waals surface area contributed by atoms with Gasteiger partial charge in [0.15, 0.2) is 5.16 Å². The molecular formula is C14H17FN4OS. The van der Waals surface area contributed by atoms with E-state index >= 15 is 0 Å². The third-order valence-electron chi connectivity index (χ3n) is 3.42. The van der Waals surface area contributed by atoms with Gasteiger partial charge < -0.3 is 5.32 Å². The van der Waals surface area contributed by atoms with Crippen LogP contribution >= 0.6 is 11.8 Å². The highest BCUT2D eigenvalue weighted by Gasteiger charge is 2.21. The number of nitrogens with one attached hydrogen (secondary N) is 2. The van der Waals surface area contributed by atoms with E-state index < -0.39 is 0 Å². The van der Waals surface area contributed by atoms with Crippen molar-refractivity contribution in [2.75, 3.05) is 0 Å². The largest absolute Gasteiger partial charge is 0.343 e. The smallest absolute Gasteiger partial charge is 0.310 e. The summed E-state index contributed by atoms with van der Waals surface area (Å²) in [6, 6.07) is 5.27. The lowest BCUT2D eigenvalue weighted by molar-refractivity contribution is 0.615. The van der Waals surface area contributed by atoms with Crippen LogP contribution in [0.2, 0.25) is 0 Å². The molecule has 21 heavy (non-hydrogen) atoms. The third kappa shape index (κ3) is 3.36. The fraction of sp³-hybridized carbons (Fsp3) is 0.429. The Hall–Kier alpha value is -1.60. The summed E-state index contributed by atoms with van der Waals surface area (Å²) in [4.78, 5) is 12.5. The van der Waals surface area contributed by atoms with E-state index in [-0.39, 0.29) is 11.5 Å². The van der Waals surface area contributed by atoms with Crippen molar-refractivity contribution in [3.63, 3.8) is 0 Å². The maximum Gasteiger partial charge on any atom is 0.343 e. The highest BCUT2D eigenvalue weighted by atomic mass is 32.2. The molecule has 0 aliphatic heterocycles. The second-order valence-electron chi connectivity index (χ2n) is 5.06. The molecule has 1 fully saturated rings.